The van der Waals surface area contributed by atoms with Crippen molar-refractivity contribution in [2.75, 3.05) is 4.90 Å². The average molecular weight is 282 g/mol. The number of hydrogen-bond acceptors (Lipinski definition) is 4. The Hall–Kier alpha value is -2.82. The van der Waals surface area contributed by atoms with Crippen LogP contribution in [0.4, 0.5) is 5.69 Å². The zero-order valence-corrected chi connectivity index (χ0v) is 11.5. The van der Waals surface area contributed by atoms with Gasteiger partial charge in [-0.3, -0.25) is 9.69 Å². The van der Waals surface area contributed by atoms with Gasteiger partial charge in [0, 0.05) is 11.8 Å². The normalized spacial score (nSPS) is 10.5. The number of nitrogens with zero attached hydrogens (tertiary/aromatic N) is 2. The van der Waals surface area contributed by atoms with Crippen LogP contribution in [-0.2, 0) is 6.54 Å². The summed E-state index contributed by atoms with van der Waals surface area (Å²) in [6.45, 7) is 2.09. The van der Waals surface area contributed by atoms with E-state index in [1.807, 2.05) is 36.4 Å². The second-order valence-electron chi connectivity index (χ2n) is 4.63. The number of furan rings is 1. The van der Waals surface area contributed by atoms with Gasteiger partial charge >= 0.3 is 0 Å². The number of aromatic nitrogens is 1. The van der Waals surface area contributed by atoms with Crippen LogP contribution in [0.25, 0.3) is 0 Å². The Morgan fingerprint density at radius 2 is 2.00 bits per heavy atom. The minimum Gasteiger partial charge on any atom is -0.467 e. The van der Waals surface area contributed by atoms with Crippen molar-refractivity contribution < 1.29 is 13.7 Å². The summed E-state index contributed by atoms with van der Waals surface area (Å²) in [7, 11) is 0. The van der Waals surface area contributed by atoms with E-state index >= 15 is 0 Å². The van der Waals surface area contributed by atoms with Crippen molar-refractivity contribution >= 4 is 11.6 Å². The van der Waals surface area contributed by atoms with Crippen molar-refractivity contribution in [3.8, 4) is 0 Å². The first-order chi connectivity index (χ1) is 10.2. The van der Waals surface area contributed by atoms with Crippen LogP contribution in [0.15, 0.2) is 63.7 Å². The lowest BCUT2D eigenvalue weighted by atomic mass is 10.2. The first-order valence-corrected chi connectivity index (χ1v) is 6.56. The highest BCUT2D eigenvalue weighted by Gasteiger charge is 2.22. The van der Waals surface area contributed by atoms with Gasteiger partial charge in [-0.15, -0.1) is 0 Å². The number of carbonyl (C=O) groups excluding carboxylic acids is 1. The highest BCUT2D eigenvalue weighted by atomic mass is 16.5. The molecule has 1 amide bonds. The molecule has 0 saturated carbocycles. The third-order valence-electron chi connectivity index (χ3n) is 3.05. The van der Waals surface area contributed by atoms with Gasteiger partial charge in [-0.25, -0.2) is 0 Å². The molecular formula is C16H14N2O3. The maximum atomic E-state index is 12.6. The molecule has 0 aliphatic carbocycles. The van der Waals surface area contributed by atoms with Gasteiger partial charge in [-0.05, 0) is 31.2 Å². The van der Waals surface area contributed by atoms with Crippen molar-refractivity contribution in [1.82, 2.24) is 5.16 Å². The van der Waals surface area contributed by atoms with E-state index in [2.05, 4.69) is 5.16 Å². The predicted octanol–water partition coefficient (Wildman–Crippen LogP) is 3.42. The summed E-state index contributed by atoms with van der Waals surface area (Å²) in [5, 5.41) is 3.79. The Balaban J connectivity index is 1.94. The molecular weight excluding hydrogens is 268 g/mol. The Morgan fingerprint density at radius 1 is 1.19 bits per heavy atom. The lowest BCUT2D eigenvalue weighted by Gasteiger charge is -2.20. The van der Waals surface area contributed by atoms with Gasteiger partial charge in [-0.2, -0.15) is 0 Å². The molecule has 21 heavy (non-hydrogen) atoms. The average Bonchev–Trinajstić information content (AvgIpc) is 3.16. The summed E-state index contributed by atoms with van der Waals surface area (Å²) in [6.07, 6.45) is 1.59. The topological polar surface area (TPSA) is 59.5 Å². The maximum Gasteiger partial charge on any atom is 0.280 e. The fraction of sp³-hybridized carbons (Fsp3) is 0.125. The van der Waals surface area contributed by atoms with Gasteiger partial charge in [0.2, 0.25) is 0 Å². The van der Waals surface area contributed by atoms with E-state index in [1.165, 1.54) is 0 Å². The van der Waals surface area contributed by atoms with Gasteiger partial charge in [0.05, 0.1) is 12.8 Å². The standard InChI is InChI=1S/C16H14N2O3/c1-12-10-15(17-21-12)16(19)18(11-14-8-5-9-20-14)13-6-3-2-4-7-13/h2-10H,11H2,1H3. The lowest BCUT2D eigenvalue weighted by Crippen LogP contribution is -2.30. The molecule has 0 fully saturated rings. The molecule has 0 atom stereocenters. The van der Waals surface area contributed by atoms with Crippen LogP contribution in [0.5, 0.6) is 0 Å². The number of benzene rings is 1. The number of aryl methyl sites for hydroxylation is 1. The van der Waals surface area contributed by atoms with Crippen LogP contribution in [0.1, 0.15) is 22.0 Å². The van der Waals surface area contributed by atoms with Crippen molar-refractivity contribution in [1.29, 1.82) is 0 Å². The zero-order valence-electron chi connectivity index (χ0n) is 11.5. The molecule has 0 spiro atoms. The van der Waals surface area contributed by atoms with Crippen LogP contribution in [0.2, 0.25) is 0 Å². The number of carbonyl (C=O) groups is 1. The van der Waals surface area contributed by atoms with E-state index in [0.29, 0.717) is 18.1 Å². The molecule has 5 nitrogen and oxygen atoms in total. The Kier molecular flexibility index (Phi) is 3.55. The highest BCUT2D eigenvalue weighted by Crippen LogP contribution is 2.20. The van der Waals surface area contributed by atoms with E-state index in [9.17, 15) is 4.79 Å². The molecule has 0 radical (unpaired) electrons. The maximum absolute atomic E-state index is 12.6. The monoisotopic (exact) mass is 282 g/mol. The summed E-state index contributed by atoms with van der Waals surface area (Å²) >= 11 is 0. The van der Waals surface area contributed by atoms with Crippen LogP contribution in [-0.4, -0.2) is 11.1 Å². The van der Waals surface area contributed by atoms with E-state index in [0.717, 1.165) is 5.69 Å². The third-order valence-corrected chi connectivity index (χ3v) is 3.05. The predicted molar refractivity (Wildman–Crippen MR) is 76.9 cm³/mol. The molecule has 0 unspecified atom stereocenters. The van der Waals surface area contributed by atoms with Gasteiger partial charge in [0.15, 0.2) is 5.69 Å². The molecule has 3 aromatic rings. The summed E-state index contributed by atoms with van der Waals surface area (Å²) in [4.78, 5) is 14.3. The number of amides is 1. The van der Waals surface area contributed by atoms with Crippen molar-refractivity contribution in [3.63, 3.8) is 0 Å². The lowest BCUT2D eigenvalue weighted by molar-refractivity contribution is 0.0974. The smallest absolute Gasteiger partial charge is 0.280 e. The summed E-state index contributed by atoms with van der Waals surface area (Å²) < 4.78 is 10.3. The molecule has 106 valence electrons. The van der Waals surface area contributed by atoms with Gasteiger partial charge < -0.3 is 8.94 Å². The molecule has 0 saturated heterocycles. The van der Waals surface area contributed by atoms with E-state index < -0.39 is 0 Å². The van der Waals surface area contributed by atoms with E-state index in [4.69, 9.17) is 8.94 Å². The quantitative estimate of drug-likeness (QED) is 0.735. The Labute approximate surface area is 121 Å². The van der Waals surface area contributed by atoms with Crippen LogP contribution >= 0.6 is 0 Å². The molecule has 0 aliphatic rings. The Bertz CT molecular complexity index is 717. The van der Waals surface area contributed by atoms with E-state index in [1.54, 1.807) is 30.2 Å². The number of anilines is 1. The first kappa shape index (κ1) is 13.2. The van der Waals surface area contributed by atoms with Crippen molar-refractivity contribution in [2.45, 2.75) is 13.5 Å². The second kappa shape index (κ2) is 5.66. The minimum absolute atomic E-state index is 0.227. The zero-order chi connectivity index (χ0) is 14.7. The van der Waals surface area contributed by atoms with Gasteiger partial charge in [0.1, 0.15) is 11.5 Å². The molecule has 5 heteroatoms. The summed E-state index contributed by atoms with van der Waals surface area (Å²) in [6, 6.07) is 14.7. The summed E-state index contributed by atoms with van der Waals surface area (Å²) in [5.74, 6) is 1.08. The fourth-order valence-electron chi connectivity index (χ4n) is 2.05. The van der Waals surface area contributed by atoms with Crippen LogP contribution < -0.4 is 4.90 Å². The fourth-order valence-corrected chi connectivity index (χ4v) is 2.05. The molecule has 0 N–H and O–H groups in total. The number of hydrogen-bond donors (Lipinski definition) is 0. The molecule has 3 rings (SSSR count). The molecule has 2 aromatic heterocycles. The largest absolute Gasteiger partial charge is 0.467 e. The summed E-state index contributed by atoms with van der Waals surface area (Å²) in [5.41, 5.74) is 1.06. The van der Waals surface area contributed by atoms with Crippen LogP contribution in [0.3, 0.4) is 0 Å². The van der Waals surface area contributed by atoms with Gasteiger partial charge in [-0.1, -0.05) is 23.4 Å². The van der Waals surface area contributed by atoms with Crippen molar-refractivity contribution in [2.24, 2.45) is 0 Å². The highest BCUT2D eigenvalue weighted by molar-refractivity contribution is 6.04. The number of rotatable bonds is 4. The SMILES string of the molecule is Cc1cc(C(=O)N(Cc2ccco2)c2ccccc2)no1. The van der Waals surface area contributed by atoms with E-state index in [-0.39, 0.29) is 11.6 Å². The molecule has 2 heterocycles. The molecule has 1 aromatic carbocycles. The third kappa shape index (κ3) is 2.86. The second-order valence-corrected chi connectivity index (χ2v) is 4.63. The number of para-hydroxylation sites is 1. The minimum atomic E-state index is -0.227. The molecule has 0 bridgehead atoms. The molecule has 0 aliphatic heterocycles. The van der Waals surface area contributed by atoms with Crippen LogP contribution in [0, 0.1) is 6.92 Å². The Morgan fingerprint density at radius 3 is 2.62 bits per heavy atom. The first-order valence-electron chi connectivity index (χ1n) is 6.56. The van der Waals surface area contributed by atoms with Crippen molar-refractivity contribution in [3.05, 3.63) is 72.0 Å². The van der Waals surface area contributed by atoms with Gasteiger partial charge in [0.25, 0.3) is 5.91 Å².